The molecule has 0 spiro atoms. The maximum Gasteiger partial charge on any atom is 0.259 e. The van der Waals surface area contributed by atoms with Crippen LogP contribution in [0.2, 0.25) is 0 Å². The zero-order valence-electron chi connectivity index (χ0n) is 16.4. The van der Waals surface area contributed by atoms with Crippen LogP contribution in [0.25, 0.3) is 5.69 Å². The summed E-state index contributed by atoms with van der Waals surface area (Å²) in [4.78, 5) is 15.0. The fourth-order valence-electron chi connectivity index (χ4n) is 3.20. The first-order valence-corrected chi connectivity index (χ1v) is 9.31. The Morgan fingerprint density at radius 1 is 1.07 bits per heavy atom. The molecule has 0 bridgehead atoms. The van der Waals surface area contributed by atoms with Crippen molar-refractivity contribution in [3.05, 3.63) is 71.5 Å². The zero-order chi connectivity index (χ0) is 19.4. The fraction of sp³-hybridized carbons (Fsp3) is 0.273. The molecule has 2 aromatic carbocycles. The zero-order valence-corrected chi connectivity index (χ0v) is 16.4. The van der Waals surface area contributed by atoms with Crippen LogP contribution in [0.1, 0.15) is 35.5 Å². The van der Waals surface area contributed by atoms with Crippen molar-refractivity contribution in [1.82, 2.24) is 9.78 Å². The minimum absolute atomic E-state index is 0.151. The number of nitrogens with one attached hydrogen (secondary N) is 1. The molecule has 0 aliphatic heterocycles. The van der Waals surface area contributed by atoms with Gasteiger partial charge in [0.1, 0.15) is 0 Å². The van der Waals surface area contributed by atoms with Crippen LogP contribution in [0, 0.1) is 13.8 Å². The number of hydrogen-bond donors (Lipinski definition) is 1. The molecule has 0 fully saturated rings. The highest BCUT2D eigenvalue weighted by Crippen LogP contribution is 2.20. The quantitative estimate of drug-likeness (QED) is 0.698. The summed E-state index contributed by atoms with van der Waals surface area (Å²) in [6, 6.07) is 16.0. The molecule has 3 aromatic rings. The SMILES string of the molecule is CCN(CC)c1ccc(NC(=O)c2cnn(-c3cccc(C)c3)c2C)cc1. The van der Waals surface area contributed by atoms with Gasteiger partial charge in [-0.25, -0.2) is 4.68 Å². The molecule has 1 heterocycles. The molecule has 1 aromatic heterocycles. The van der Waals surface area contributed by atoms with Crippen molar-refractivity contribution in [1.29, 1.82) is 0 Å². The van der Waals surface area contributed by atoms with Crippen LogP contribution in [0.3, 0.4) is 0 Å². The predicted molar refractivity (Wildman–Crippen MR) is 111 cm³/mol. The first-order valence-electron chi connectivity index (χ1n) is 9.31. The Morgan fingerprint density at radius 3 is 2.41 bits per heavy atom. The van der Waals surface area contributed by atoms with Gasteiger partial charge in [-0.3, -0.25) is 4.79 Å². The number of hydrogen-bond acceptors (Lipinski definition) is 3. The van der Waals surface area contributed by atoms with Gasteiger partial charge in [0.2, 0.25) is 0 Å². The van der Waals surface area contributed by atoms with Crippen LogP contribution in [-0.2, 0) is 0 Å². The average molecular weight is 362 g/mol. The first-order chi connectivity index (χ1) is 13.0. The second kappa shape index (κ2) is 8.08. The standard InChI is InChI=1S/C22H26N4O/c1-5-25(6-2)19-12-10-18(11-13-19)24-22(27)21-15-23-26(17(21)4)20-9-7-8-16(3)14-20/h7-15H,5-6H2,1-4H3,(H,24,27). The van der Waals surface area contributed by atoms with Gasteiger partial charge in [0, 0.05) is 24.5 Å². The van der Waals surface area contributed by atoms with Crippen molar-refractivity contribution in [3.8, 4) is 5.69 Å². The highest BCUT2D eigenvalue weighted by Gasteiger charge is 2.15. The normalized spacial score (nSPS) is 10.7. The fourth-order valence-corrected chi connectivity index (χ4v) is 3.20. The van der Waals surface area contributed by atoms with E-state index in [2.05, 4.69) is 29.2 Å². The van der Waals surface area contributed by atoms with Crippen LogP contribution >= 0.6 is 0 Å². The molecule has 0 atom stereocenters. The van der Waals surface area contributed by atoms with E-state index in [1.54, 1.807) is 10.9 Å². The van der Waals surface area contributed by atoms with Gasteiger partial charge in [0.05, 0.1) is 23.1 Å². The van der Waals surface area contributed by atoms with E-state index >= 15 is 0 Å². The van der Waals surface area contributed by atoms with Gasteiger partial charge in [0.15, 0.2) is 0 Å². The van der Waals surface area contributed by atoms with E-state index in [0.29, 0.717) is 5.56 Å². The topological polar surface area (TPSA) is 50.2 Å². The molecular formula is C22H26N4O. The molecule has 0 aliphatic rings. The number of carbonyl (C=O) groups excluding carboxylic acids is 1. The molecule has 1 N–H and O–H groups in total. The third kappa shape index (κ3) is 4.03. The Bertz CT molecular complexity index is 924. The molecule has 3 rings (SSSR count). The Kier molecular flexibility index (Phi) is 5.60. The molecule has 1 amide bonds. The van der Waals surface area contributed by atoms with Crippen molar-refractivity contribution >= 4 is 17.3 Å². The lowest BCUT2D eigenvalue weighted by molar-refractivity contribution is 0.102. The average Bonchev–Trinajstić information content (AvgIpc) is 3.05. The number of rotatable bonds is 6. The molecule has 5 heteroatoms. The summed E-state index contributed by atoms with van der Waals surface area (Å²) >= 11 is 0. The minimum atomic E-state index is -0.151. The van der Waals surface area contributed by atoms with Crippen molar-refractivity contribution in [2.45, 2.75) is 27.7 Å². The number of benzene rings is 2. The second-order valence-electron chi connectivity index (χ2n) is 6.57. The van der Waals surface area contributed by atoms with E-state index < -0.39 is 0 Å². The molecule has 27 heavy (non-hydrogen) atoms. The minimum Gasteiger partial charge on any atom is -0.372 e. The van der Waals surface area contributed by atoms with Crippen molar-refractivity contribution in [2.24, 2.45) is 0 Å². The lowest BCUT2D eigenvalue weighted by atomic mass is 10.2. The maximum absolute atomic E-state index is 12.7. The number of anilines is 2. The van der Waals surface area contributed by atoms with Gasteiger partial charge in [-0.05, 0) is 69.7 Å². The van der Waals surface area contributed by atoms with E-state index in [4.69, 9.17) is 0 Å². The molecule has 5 nitrogen and oxygen atoms in total. The number of aryl methyl sites for hydroxylation is 1. The highest BCUT2D eigenvalue weighted by molar-refractivity contribution is 6.05. The van der Waals surface area contributed by atoms with Crippen LogP contribution in [0.5, 0.6) is 0 Å². The number of nitrogens with zero attached hydrogens (tertiary/aromatic N) is 3. The van der Waals surface area contributed by atoms with Crippen LogP contribution in [0.15, 0.2) is 54.7 Å². The largest absolute Gasteiger partial charge is 0.372 e. The Labute approximate surface area is 160 Å². The predicted octanol–water partition coefficient (Wildman–Crippen LogP) is 4.59. The summed E-state index contributed by atoms with van der Waals surface area (Å²) in [6.45, 7) is 10.1. The molecule has 140 valence electrons. The van der Waals surface area contributed by atoms with Gasteiger partial charge in [-0.1, -0.05) is 12.1 Å². The Hall–Kier alpha value is -3.08. The lowest BCUT2D eigenvalue weighted by Crippen LogP contribution is -2.21. The van der Waals surface area contributed by atoms with E-state index in [1.165, 1.54) is 0 Å². The number of aromatic nitrogens is 2. The molecule has 0 aliphatic carbocycles. The molecule has 0 saturated carbocycles. The first kappa shape index (κ1) is 18.7. The van der Waals surface area contributed by atoms with Gasteiger partial charge < -0.3 is 10.2 Å². The van der Waals surface area contributed by atoms with Crippen LogP contribution in [0.4, 0.5) is 11.4 Å². The highest BCUT2D eigenvalue weighted by atomic mass is 16.1. The molecule has 0 radical (unpaired) electrons. The van der Waals surface area contributed by atoms with Gasteiger partial charge >= 0.3 is 0 Å². The summed E-state index contributed by atoms with van der Waals surface area (Å²) in [7, 11) is 0. The molecular weight excluding hydrogens is 336 g/mol. The van der Waals surface area contributed by atoms with Gasteiger partial charge in [-0.2, -0.15) is 5.10 Å². The number of carbonyl (C=O) groups is 1. The smallest absolute Gasteiger partial charge is 0.259 e. The van der Waals surface area contributed by atoms with E-state index in [9.17, 15) is 4.79 Å². The van der Waals surface area contributed by atoms with Crippen molar-refractivity contribution in [2.75, 3.05) is 23.3 Å². The third-order valence-electron chi connectivity index (χ3n) is 4.75. The van der Waals surface area contributed by atoms with Crippen molar-refractivity contribution < 1.29 is 4.79 Å². The van der Waals surface area contributed by atoms with E-state index in [1.807, 2.05) is 62.4 Å². The van der Waals surface area contributed by atoms with Gasteiger partial charge in [0.25, 0.3) is 5.91 Å². The summed E-state index contributed by atoms with van der Waals surface area (Å²) in [5.41, 5.74) is 5.43. The lowest BCUT2D eigenvalue weighted by Gasteiger charge is -2.21. The van der Waals surface area contributed by atoms with E-state index in [0.717, 1.165) is 41.4 Å². The third-order valence-corrected chi connectivity index (χ3v) is 4.75. The summed E-state index contributed by atoms with van der Waals surface area (Å²) < 4.78 is 1.80. The Morgan fingerprint density at radius 2 is 1.78 bits per heavy atom. The Balaban J connectivity index is 1.77. The van der Waals surface area contributed by atoms with Crippen LogP contribution < -0.4 is 10.2 Å². The monoisotopic (exact) mass is 362 g/mol. The molecule has 0 unspecified atom stereocenters. The maximum atomic E-state index is 12.7. The second-order valence-corrected chi connectivity index (χ2v) is 6.57. The summed E-state index contributed by atoms with van der Waals surface area (Å²) in [5.74, 6) is -0.151. The van der Waals surface area contributed by atoms with Crippen molar-refractivity contribution in [3.63, 3.8) is 0 Å². The molecule has 0 saturated heterocycles. The summed E-state index contributed by atoms with van der Waals surface area (Å²) in [5, 5.41) is 7.37. The van der Waals surface area contributed by atoms with Gasteiger partial charge in [-0.15, -0.1) is 0 Å². The summed E-state index contributed by atoms with van der Waals surface area (Å²) in [6.07, 6.45) is 1.62. The number of amides is 1. The van der Waals surface area contributed by atoms with Crippen LogP contribution in [-0.4, -0.2) is 28.8 Å². The van der Waals surface area contributed by atoms with E-state index in [-0.39, 0.29) is 5.91 Å².